The number of hydrogen-bond donors (Lipinski definition) is 0. The van der Waals surface area contributed by atoms with Crippen molar-refractivity contribution in [2.45, 2.75) is 0 Å². The summed E-state index contributed by atoms with van der Waals surface area (Å²) < 4.78 is 0. The second kappa shape index (κ2) is 2.51. The van der Waals surface area contributed by atoms with Crippen LogP contribution in [0.5, 0.6) is 0 Å². The number of rotatable bonds is 2. The standard InChI is InChI=1S/C6H9N3O/c1-8(2)9-4-3-6(5-10)7-9/h3-5H,1-2H3. The van der Waals surface area contributed by atoms with Crippen molar-refractivity contribution in [1.82, 2.24) is 9.89 Å². The molecule has 4 heteroatoms. The Kier molecular flexibility index (Phi) is 1.71. The van der Waals surface area contributed by atoms with Crippen LogP contribution in [0.2, 0.25) is 0 Å². The summed E-state index contributed by atoms with van der Waals surface area (Å²) in [5.41, 5.74) is 0.453. The molecular formula is C6H9N3O. The Morgan fingerprint density at radius 3 is 2.70 bits per heavy atom. The average molecular weight is 139 g/mol. The maximum Gasteiger partial charge on any atom is 0.170 e. The summed E-state index contributed by atoms with van der Waals surface area (Å²) in [6.45, 7) is 0. The second-order valence-electron chi connectivity index (χ2n) is 2.13. The molecule has 0 saturated heterocycles. The zero-order chi connectivity index (χ0) is 7.56. The minimum atomic E-state index is 0.453. The van der Waals surface area contributed by atoms with Crippen LogP contribution in [0.25, 0.3) is 0 Å². The molecule has 0 atom stereocenters. The molecule has 0 unspecified atom stereocenters. The van der Waals surface area contributed by atoms with Gasteiger partial charge < -0.3 is 5.01 Å². The molecule has 54 valence electrons. The summed E-state index contributed by atoms with van der Waals surface area (Å²) in [6.07, 6.45) is 2.45. The molecule has 4 nitrogen and oxygen atoms in total. The summed E-state index contributed by atoms with van der Waals surface area (Å²) >= 11 is 0. The van der Waals surface area contributed by atoms with E-state index in [1.165, 1.54) is 0 Å². The fraction of sp³-hybridized carbons (Fsp3) is 0.333. The fourth-order valence-electron chi connectivity index (χ4n) is 0.614. The lowest BCUT2D eigenvalue weighted by molar-refractivity contribution is 0.111. The summed E-state index contributed by atoms with van der Waals surface area (Å²) in [4.78, 5) is 11.7. The fourth-order valence-corrected chi connectivity index (χ4v) is 0.614. The minimum Gasteiger partial charge on any atom is -0.303 e. The number of carbonyl (C=O) groups excluding carboxylic acids is 1. The molecule has 0 radical (unpaired) electrons. The van der Waals surface area contributed by atoms with Crippen LogP contribution < -0.4 is 5.01 Å². The van der Waals surface area contributed by atoms with Gasteiger partial charge in [-0.15, -0.1) is 5.10 Å². The highest BCUT2D eigenvalue weighted by molar-refractivity contribution is 5.71. The van der Waals surface area contributed by atoms with Gasteiger partial charge >= 0.3 is 0 Å². The van der Waals surface area contributed by atoms with Gasteiger partial charge in [0.25, 0.3) is 0 Å². The van der Waals surface area contributed by atoms with Crippen LogP contribution in [-0.2, 0) is 0 Å². The summed E-state index contributed by atoms with van der Waals surface area (Å²) in [7, 11) is 3.70. The Bertz CT molecular complexity index is 229. The lowest BCUT2D eigenvalue weighted by atomic mass is 10.5. The van der Waals surface area contributed by atoms with E-state index >= 15 is 0 Å². The molecular weight excluding hydrogens is 130 g/mol. The van der Waals surface area contributed by atoms with Crippen LogP contribution in [0.1, 0.15) is 10.5 Å². The van der Waals surface area contributed by atoms with Gasteiger partial charge in [0.05, 0.1) is 0 Å². The number of carbonyl (C=O) groups is 1. The zero-order valence-electron chi connectivity index (χ0n) is 5.98. The van der Waals surface area contributed by atoms with Crippen molar-refractivity contribution in [3.63, 3.8) is 0 Å². The molecule has 1 aromatic rings. The highest BCUT2D eigenvalue weighted by Gasteiger charge is 1.95. The summed E-state index contributed by atoms with van der Waals surface area (Å²) in [6, 6.07) is 1.66. The number of hydrogen-bond acceptors (Lipinski definition) is 3. The average Bonchev–Trinajstić information content (AvgIpc) is 2.34. The molecule has 0 saturated carbocycles. The van der Waals surface area contributed by atoms with Gasteiger partial charge in [-0.25, -0.2) is 0 Å². The SMILES string of the molecule is CN(C)n1ccc(C=O)n1. The molecule has 1 heterocycles. The second-order valence-corrected chi connectivity index (χ2v) is 2.13. The Morgan fingerprint density at radius 2 is 2.40 bits per heavy atom. The van der Waals surface area contributed by atoms with Crippen LogP contribution in [-0.4, -0.2) is 30.3 Å². The topological polar surface area (TPSA) is 38.1 Å². The van der Waals surface area contributed by atoms with Crippen molar-refractivity contribution in [3.05, 3.63) is 18.0 Å². The first-order chi connectivity index (χ1) is 4.74. The number of aromatic nitrogens is 2. The number of nitrogens with zero attached hydrogens (tertiary/aromatic N) is 3. The molecule has 0 spiro atoms. The summed E-state index contributed by atoms with van der Waals surface area (Å²) in [5, 5.41) is 5.67. The quantitative estimate of drug-likeness (QED) is 0.537. The molecule has 0 aliphatic carbocycles. The van der Waals surface area contributed by atoms with E-state index in [1.807, 2.05) is 14.1 Å². The van der Waals surface area contributed by atoms with E-state index in [0.717, 1.165) is 6.29 Å². The van der Waals surface area contributed by atoms with Gasteiger partial charge in [-0.1, -0.05) is 0 Å². The van der Waals surface area contributed by atoms with Gasteiger partial charge in [0.1, 0.15) is 5.69 Å². The third-order valence-electron chi connectivity index (χ3n) is 1.13. The smallest absolute Gasteiger partial charge is 0.170 e. The third-order valence-corrected chi connectivity index (χ3v) is 1.13. The first kappa shape index (κ1) is 6.80. The summed E-state index contributed by atoms with van der Waals surface area (Å²) in [5.74, 6) is 0. The Labute approximate surface area is 59.0 Å². The molecule has 0 fully saturated rings. The van der Waals surface area contributed by atoms with Gasteiger partial charge in [0.2, 0.25) is 0 Å². The Balaban J connectivity index is 2.88. The van der Waals surface area contributed by atoms with Crippen molar-refractivity contribution in [1.29, 1.82) is 0 Å². The normalized spacial score (nSPS) is 9.40. The van der Waals surface area contributed by atoms with Gasteiger partial charge in [0.15, 0.2) is 6.29 Å². The van der Waals surface area contributed by atoms with Gasteiger partial charge in [-0.3, -0.25) is 4.79 Å². The maximum absolute atomic E-state index is 10.1. The number of aldehydes is 1. The zero-order valence-corrected chi connectivity index (χ0v) is 5.98. The van der Waals surface area contributed by atoms with Crippen molar-refractivity contribution < 1.29 is 4.79 Å². The van der Waals surface area contributed by atoms with E-state index in [0.29, 0.717) is 5.69 Å². The van der Waals surface area contributed by atoms with Crippen molar-refractivity contribution in [3.8, 4) is 0 Å². The van der Waals surface area contributed by atoms with Crippen LogP contribution in [0.4, 0.5) is 0 Å². The molecule has 0 aliphatic heterocycles. The lowest BCUT2D eigenvalue weighted by Gasteiger charge is -2.10. The van der Waals surface area contributed by atoms with Gasteiger partial charge in [-0.2, -0.15) is 4.79 Å². The molecule has 10 heavy (non-hydrogen) atoms. The Morgan fingerprint density at radius 1 is 1.70 bits per heavy atom. The minimum absolute atomic E-state index is 0.453. The predicted octanol–water partition coefficient (Wildman–Crippen LogP) is -0.107. The molecule has 0 aromatic carbocycles. The maximum atomic E-state index is 10.1. The first-order valence-electron chi connectivity index (χ1n) is 2.92. The first-order valence-corrected chi connectivity index (χ1v) is 2.92. The van der Waals surface area contributed by atoms with Crippen LogP contribution >= 0.6 is 0 Å². The molecule has 1 aromatic heterocycles. The van der Waals surface area contributed by atoms with Gasteiger partial charge in [-0.05, 0) is 6.07 Å². The van der Waals surface area contributed by atoms with E-state index < -0.39 is 0 Å². The molecule has 1 rings (SSSR count). The van der Waals surface area contributed by atoms with E-state index in [9.17, 15) is 4.79 Å². The highest BCUT2D eigenvalue weighted by Crippen LogP contribution is 1.89. The molecule has 0 aliphatic rings. The van der Waals surface area contributed by atoms with E-state index in [-0.39, 0.29) is 0 Å². The molecule has 0 bridgehead atoms. The molecule has 0 amide bonds. The van der Waals surface area contributed by atoms with Gasteiger partial charge in [0, 0.05) is 20.3 Å². The van der Waals surface area contributed by atoms with E-state index in [1.54, 1.807) is 22.1 Å². The third kappa shape index (κ3) is 1.15. The van der Waals surface area contributed by atoms with Crippen molar-refractivity contribution in [2.24, 2.45) is 0 Å². The largest absolute Gasteiger partial charge is 0.303 e. The van der Waals surface area contributed by atoms with E-state index in [4.69, 9.17) is 0 Å². The van der Waals surface area contributed by atoms with Crippen LogP contribution in [0, 0.1) is 0 Å². The van der Waals surface area contributed by atoms with Crippen molar-refractivity contribution in [2.75, 3.05) is 19.1 Å². The predicted molar refractivity (Wildman–Crippen MR) is 37.7 cm³/mol. The lowest BCUT2D eigenvalue weighted by Crippen LogP contribution is -2.25. The highest BCUT2D eigenvalue weighted by atomic mass is 16.1. The van der Waals surface area contributed by atoms with Crippen LogP contribution in [0.3, 0.4) is 0 Å². The Hall–Kier alpha value is -1.32. The monoisotopic (exact) mass is 139 g/mol. The van der Waals surface area contributed by atoms with Crippen molar-refractivity contribution >= 4 is 6.29 Å². The van der Waals surface area contributed by atoms with E-state index in [2.05, 4.69) is 5.10 Å². The molecule has 0 N–H and O–H groups in total. The van der Waals surface area contributed by atoms with Crippen LogP contribution in [0.15, 0.2) is 12.3 Å².